The Morgan fingerprint density at radius 3 is 2.59 bits per heavy atom. The molecule has 0 atom stereocenters. The second kappa shape index (κ2) is 7.06. The zero-order chi connectivity index (χ0) is 12.7. The first-order chi connectivity index (χ1) is 8.24. The lowest BCUT2D eigenvalue weighted by Gasteiger charge is -2.22. The predicted octanol–water partition coefficient (Wildman–Crippen LogP) is 1.95. The monoisotopic (exact) mass is 237 g/mol. The van der Waals surface area contributed by atoms with Gasteiger partial charge < -0.3 is 10.3 Å². The highest BCUT2D eigenvalue weighted by atomic mass is 15.3. The molecule has 3 N–H and O–H groups in total. The topological polar surface area (TPSA) is 67.1 Å². The van der Waals surface area contributed by atoms with Gasteiger partial charge in [-0.1, -0.05) is 20.3 Å². The van der Waals surface area contributed by atoms with Crippen molar-refractivity contribution in [2.75, 3.05) is 23.4 Å². The molecule has 96 valence electrons. The number of nitrogens with two attached hydrogens (primary N) is 1. The minimum atomic E-state index is 0.682. The van der Waals surface area contributed by atoms with Gasteiger partial charge in [-0.2, -0.15) is 0 Å². The number of anilines is 2. The van der Waals surface area contributed by atoms with E-state index in [4.69, 9.17) is 5.84 Å². The molecule has 5 nitrogen and oxygen atoms in total. The highest BCUT2D eigenvalue weighted by molar-refractivity contribution is 5.48. The average molecular weight is 237 g/mol. The molecule has 0 bridgehead atoms. The Morgan fingerprint density at radius 2 is 2.06 bits per heavy atom. The fourth-order valence-electron chi connectivity index (χ4n) is 1.66. The molecule has 1 rings (SSSR count). The average Bonchev–Trinajstić information content (AvgIpc) is 2.39. The van der Waals surface area contributed by atoms with Crippen LogP contribution < -0.4 is 16.2 Å². The van der Waals surface area contributed by atoms with Gasteiger partial charge in [0.1, 0.15) is 17.5 Å². The SMILES string of the molecule is CCCCN(CC)c1cc(NN)nc(CC)n1. The minimum Gasteiger partial charge on any atom is -0.357 e. The number of unbranched alkanes of at least 4 members (excludes halogenated alkanes) is 1. The first-order valence-electron chi connectivity index (χ1n) is 6.34. The van der Waals surface area contributed by atoms with Gasteiger partial charge in [0, 0.05) is 25.6 Å². The van der Waals surface area contributed by atoms with E-state index < -0.39 is 0 Å². The molecule has 0 aliphatic heterocycles. The quantitative estimate of drug-likeness (QED) is 0.560. The molecule has 17 heavy (non-hydrogen) atoms. The molecular weight excluding hydrogens is 214 g/mol. The van der Waals surface area contributed by atoms with Crippen LogP contribution in [-0.2, 0) is 6.42 Å². The normalized spacial score (nSPS) is 10.4. The third-order valence-corrected chi connectivity index (χ3v) is 2.71. The lowest BCUT2D eigenvalue weighted by molar-refractivity contribution is 0.719. The number of hydrazine groups is 1. The van der Waals surface area contributed by atoms with Crippen LogP contribution in [0.4, 0.5) is 11.6 Å². The van der Waals surface area contributed by atoms with Crippen molar-refractivity contribution in [3.63, 3.8) is 0 Å². The first kappa shape index (κ1) is 13.7. The number of nitrogen functional groups attached to an aromatic ring is 1. The van der Waals surface area contributed by atoms with E-state index in [0.717, 1.165) is 31.2 Å². The van der Waals surface area contributed by atoms with Gasteiger partial charge in [0.2, 0.25) is 0 Å². The summed E-state index contributed by atoms with van der Waals surface area (Å²) in [7, 11) is 0. The van der Waals surface area contributed by atoms with Gasteiger partial charge in [-0.15, -0.1) is 0 Å². The molecule has 0 saturated carbocycles. The van der Waals surface area contributed by atoms with Gasteiger partial charge in [0.05, 0.1) is 0 Å². The highest BCUT2D eigenvalue weighted by Gasteiger charge is 2.08. The number of rotatable bonds is 7. The Morgan fingerprint density at radius 1 is 1.29 bits per heavy atom. The molecule has 0 fully saturated rings. The van der Waals surface area contributed by atoms with Crippen LogP contribution in [0.3, 0.4) is 0 Å². The summed E-state index contributed by atoms with van der Waals surface area (Å²) < 4.78 is 0. The van der Waals surface area contributed by atoms with E-state index in [1.165, 1.54) is 12.8 Å². The smallest absolute Gasteiger partial charge is 0.145 e. The fraction of sp³-hybridized carbons (Fsp3) is 0.667. The van der Waals surface area contributed by atoms with Gasteiger partial charge >= 0.3 is 0 Å². The maximum absolute atomic E-state index is 5.43. The van der Waals surface area contributed by atoms with Crippen LogP contribution in [0.1, 0.15) is 39.4 Å². The van der Waals surface area contributed by atoms with Crippen LogP contribution in [-0.4, -0.2) is 23.1 Å². The van der Waals surface area contributed by atoms with Gasteiger partial charge in [-0.25, -0.2) is 15.8 Å². The van der Waals surface area contributed by atoms with Gasteiger partial charge in [-0.05, 0) is 13.3 Å². The van der Waals surface area contributed by atoms with Gasteiger partial charge in [-0.3, -0.25) is 0 Å². The summed E-state index contributed by atoms with van der Waals surface area (Å²) in [4.78, 5) is 11.1. The van der Waals surface area contributed by atoms with Crippen molar-refractivity contribution >= 4 is 11.6 Å². The van der Waals surface area contributed by atoms with E-state index in [2.05, 4.69) is 34.1 Å². The lowest BCUT2D eigenvalue weighted by atomic mass is 10.3. The molecule has 0 unspecified atom stereocenters. The zero-order valence-electron chi connectivity index (χ0n) is 11.0. The number of aryl methyl sites for hydroxylation is 1. The number of hydrogen-bond acceptors (Lipinski definition) is 5. The van der Waals surface area contributed by atoms with Crippen LogP contribution >= 0.6 is 0 Å². The Balaban J connectivity index is 2.92. The molecule has 0 aliphatic rings. The van der Waals surface area contributed by atoms with Crippen molar-refractivity contribution < 1.29 is 0 Å². The lowest BCUT2D eigenvalue weighted by Crippen LogP contribution is -2.26. The maximum Gasteiger partial charge on any atom is 0.145 e. The third kappa shape index (κ3) is 3.85. The van der Waals surface area contributed by atoms with Crippen LogP contribution in [0.5, 0.6) is 0 Å². The Bertz CT molecular complexity index is 317. The Kier molecular flexibility index (Phi) is 5.69. The molecule has 5 heteroatoms. The number of nitrogens with zero attached hydrogens (tertiary/aromatic N) is 3. The van der Waals surface area contributed by atoms with E-state index in [1.807, 2.05) is 13.0 Å². The summed E-state index contributed by atoms with van der Waals surface area (Å²) in [6.45, 7) is 8.35. The van der Waals surface area contributed by atoms with Gasteiger partial charge in [0.15, 0.2) is 0 Å². The maximum atomic E-state index is 5.43. The largest absolute Gasteiger partial charge is 0.357 e. The van der Waals surface area contributed by atoms with Crippen molar-refractivity contribution in [2.45, 2.75) is 40.0 Å². The zero-order valence-corrected chi connectivity index (χ0v) is 11.0. The standard InChI is InChI=1S/C12H23N5/c1-4-7-8-17(6-3)12-9-11(16-13)14-10(5-2)15-12/h9H,4-8,13H2,1-3H3,(H,14,15,16). The summed E-state index contributed by atoms with van der Waals surface area (Å²) in [5.74, 6) is 7.89. The Labute approximate surface area is 103 Å². The van der Waals surface area contributed by atoms with E-state index in [0.29, 0.717) is 5.82 Å². The summed E-state index contributed by atoms with van der Waals surface area (Å²) in [5, 5.41) is 0. The molecular formula is C12H23N5. The number of aromatic nitrogens is 2. The number of hydrogen-bond donors (Lipinski definition) is 2. The van der Waals surface area contributed by atoms with Crippen molar-refractivity contribution in [1.29, 1.82) is 0 Å². The van der Waals surface area contributed by atoms with Crippen molar-refractivity contribution in [3.8, 4) is 0 Å². The van der Waals surface area contributed by atoms with E-state index in [-0.39, 0.29) is 0 Å². The molecule has 0 saturated heterocycles. The van der Waals surface area contributed by atoms with Crippen LogP contribution in [0.2, 0.25) is 0 Å². The summed E-state index contributed by atoms with van der Waals surface area (Å²) in [6, 6.07) is 1.90. The first-order valence-corrected chi connectivity index (χ1v) is 6.34. The molecule has 0 spiro atoms. The van der Waals surface area contributed by atoms with Crippen molar-refractivity contribution in [2.24, 2.45) is 5.84 Å². The Hall–Kier alpha value is -1.36. The van der Waals surface area contributed by atoms with E-state index in [1.54, 1.807) is 0 Å². The van der Waals surface area contributed by atoms with Crippen molar-refractivity contribution in [1.82, 2.24) is 9.97 Å². The second-order valence-corrected chi connectivity index (χ2v) is 3.96. The minimum absolute atomic E-state index is 0.682. The molecule has 1 aromatic heterocycles. The van der Waals surface area contributed by atoms with Crippen LogP contribution in [0.15, 0.2) is 6.07 Å². The highest BCUT2D eigenvalue weighted by Crippen LogP contribution is 2.16. The summed E-state index contributed by atoms with van der Waals surface area (Å²) in [5.41, 5.74) is 2.60. The fourth-order valence-corrected chi connectivity index (χ4v) is 1.66. The van der Waals surface area contributed by atoms with Crippen molar-refractivity contribution in [3.05, 3.63) is 11.9 Å². The second-order valence-electron chi connectivity index (χ2n) is 3.96. The summed E-state index contributed by atoms with van der Waals surface area (Å²) >= 11 is 0. The molecule has 0 aromatic carbocycles. The molecule has 0 radical (unpaired) electrons. The van der Waals surface area contributed by atoms with Crippen LogP contribution in [0.25, 0.3) is 0 Å². The van der Waals surface area contributed by atoms with E-state index in [9.17, 15) is 0 Å². The molecule has 1 aromatic rings. The molecule has 1 heterocycles. The molecule has 0 amide bonds. The van der Waals surface area contributed by atoms with Crippen LogP contribution in [0, 0.1) is 0 Å². The predicted molar refractivity (Wildman–Crippen MR) is 72.0 cm³/mol. The summed E-state index contributed by atoms with van der Waals surface area (Å²) in [6.07, 6.45) is 3.17. The van der Waals surface area contributed by atoms with E-state index >= 15 is 0 Å². The third-order valence-electron chi connectivity index (χ3n) is 2.71. The van der Waals surface area contributed by atoms with Gasteiger partial charge in [0.25, 0.3) is 0 Å². The number of nitrogens with one attached hydrogen (secondary N) is 1. The molecule has 0 aliphatic carbocycles.